The summed E-state index contributed by atoms with van der Waals surface area (Å²) in [5, 5.41) is 0.0663. The Bertz CT molecular complexity index is 592. The van der Waals surface area contributed by atoms with Crippen molar-refractivity contribution in [2.75, 3.05) is 6.61 Å². The summed E-state index contributed by atoms with van der Waals surface area (Å²) in [6, 6.07) is 11.7. The quantitative estimate of drug-likeness (QED) is 0.656. The number of halogens is 2. The minimum absolute atomic E-state index is 0.0663. The second-order valence-corrected chi connectivity index (χ2v) is 4.62. The highest BCUT2D eigenvalue weighted by Gasteiger charge is 2.21. The van der Waals surface area contributed by atoms with Gasteiger partial charge in [0, 0.05) is 11.1 Å². The molecule has 2 rings (SSSR count). The fraction of sp³-hybridized carbons (Fsp3) is 0.200. The predicted molar refractivity (Wildman–Crippen MR) is 78.2 cm³/mol. The van der Waals surface area contributed by atoms with Gasteiger partial charge < -0.3 is 4.74 Å². The van der Waals surface area contributed by atoms with Crippen molar-refractivity contribution in [1.82, 2.24) is 5.43 Å². The molecule has 0 saturated heterocycles. The normalized spacial score (nSPS) is 12.2. The Kier molecular flexibility index (Phi) is 4.95. The monoisotopic (exact) mass is 294 g/mol. The van der Waals surface area contributed by atoms with Gasteiger partial charge in [0.25, 0.3) is 0 Å². The Morgan fingerprint density at radius 3 is 2.60 bits per heavy atom. The minimum atomic E-state index is -0.531. The van der Waals surface area contributed by atoms with Gasteiger partial charge in [-0.05, 0) is 19.1 Å². The molecule has 0 bridgehead atoms. The average molecular weight is 295 g/mol. The predicted octanol–water partition coefficient (Wildman–Crippen LogP) is 3.43. The highest BCUT2D eigenvalue weighted by Crippen LogP contribution is 2.32. The van der Waals surface area contributed by atoms with E-state index in [4.69, 9.17) is 22.2 Å². The maximum atomic E-state index is 14.2. The number of para-hydroxylation sites is 1. The number of benzene rings is 2. The van der Waals surface area contributed by atoms with Crippen molar-refractivity contribution in [3.05, 3.63) is 64.4 Å². The molecular formula is C15H16ClFN2O. The van der Waals surface area contributed by atoms with Gasteiger partial charge in [-0.25, -0.2) is 9.82 Å². The largest absolute Gasteiger partial charge is 0.494 e. The number of hydrogen-bond donors (Lipinski definition) is 2. The van der Waals surface area contributed by atoms with E-state index in [1.54, 1.807) is 12.1 Å². The van der Waals surface area contributed by atoms with Crippen LogP contribution in [0.1, 0.15) is 24.1 Å². The lowest BCUT2D eigenvalue weighted by Gasteiger charge is -2.20. The van der Waals surface area contributed by atoms with Crippen LogP contribution < -0.4 is 16.0 Å². The van der Waals surface area contributed by atoms with E-state index in [1.807, 2.05) is 31.2 Å². The Morgan fingerprint density at radius 2 is 1.90 bits per heavy atom. The number of nitrogens with one attached hydrogen (secondary N) is 1. The van der Waals surface area contributed by atoms with Gasteiger partial charge >= 0.3 is 0 Å². The number of rotatable bonds is 5. The lowest BCUT2D eigenvalue weighted by atomic mass is 9.98. The fourth-order valence-corrected chi connectivity index (χ4v) is 2.28. The van der Waals surface area contributed by atoms with E-state index >= 15 is 0 Å². The van der Waals surface area contributed by atoms with Gasteiger partial charge in [0.15, 0.2) is 0 Å². The third-order valence-electron chi connectivity index (χ3n) is 2.99. The Labute approximate surface area is 122 Å². The van der Waals surface area contributed by atoms with Crippen molar-refractivity contribution in [3.63, 3.8) is 0 Å². The van der Waals surface area contributed by atoms with Gasteiger partial charge in [0.2, 0.25) is 0 Å². The molecule has 0 fully saturated rings. The first-order valence-corrected chi connectivity index (χ1v) is 6.68. The van der Waals surface area contributed by atoms with E-state index in [9.17, 15) is 4.39 Å². The summed E-state index contributed by atoms with van der Waals surface area (Å²) < 4.78 is 19.7. The van der Waals surface area contributed by atoms with Crippen LogP contribution in [0, 0.1) is 5.82 Å². The molecular weight excluding hydrogens is 279 g/mol. The summed E-state index contributed by atoms with van der Waals surface area (Å²) >= 11 is 5.83. The Morgan fingerprint density at radius 1 is 1.20 bits per heavy atom. The molecule has 3 N–H and O–H groups in total. The molecule has 106 valence electrons. The van der Waals surface area contributed by atoms with Crippen LogP contribution in [0.2, 0.25) is 5.02 Å². The SMILES string of the molecule is CCOc1ccccc1C(NN)c1cccc(Cl)c1F. The fourth-order valence-electron chi connectivity index (χ4n) is 2.10. The van der Waals surface area contributed by atoms with E-state index in [2.05, 4.69) is 5.43 Å². The lowest BCUT2D eigenvalue weighted by molar-refractivity contribution is 0.333. The lowest BCUT2D eigenvalue weighted by Crippen LogP contribution is -2.30. The summed E-state index contributed by atoms with van der Waals surface area (Å²) in [6.45, 7) is 2.41. The zero-order chi connectivity index (χ0) is 14.5. The molecule has 0 spiro atoms. The Balaban J connectivity index is 2.50. The van der Waals surface area contributed by atoms with E-state index in [0.717, 1.165) is 5.56 Å². The van der Waals surface area contributed by atoms with Gasteiger partial charge in [0.1, 0.15) is 11.6 Å². The van der Waals surface area contributed by atoms with Gasteiger partial charge in [-0.15, -0.1) is 0 Å². The molecule has 0 amide bonds. The van der Waals surface area contributed by atoms with Crippen LogP contribution in [0.5, 0.6) is 5.75 Å². The number of hydrogen-bond acceptors (Lipinski definition) is 3. The molecule has 2 aromatic carbocycles. The van der Waals surface area contributed by atoms with Crippen molar-refractivity contribution >= 4 is 11.6 Å². The summed E-state index contributed by atoms with van der Waals surface area (Å²) in [5.41, 5.74) is 3.77. The molecule has 0 heterocycles. The van der Waals surface area contributed by atoms with Crippen LogP contribution in [-0.4, -0.2) is 6.61 Å². The number of hydrazine groups is 1. The van der Waals surface area contributed by atoms with Gasteiger partial charge in [-0.2, -0.15) is 0 Å². The molecule has 1 unspecified atom stereocenters. The van der Waals surface area contributed by atoms with E-state index in [0.29, 0.717) is 17.9 Å². The third-order valence-corrected chi connectivity index (χ3v) is 3.28. The summed E-state index contributed by atoms with van der Waals surface area (Å²) in [6.07, 6.45) is 0. The van der Waals surface area contributed by atoms with Crippen molar-refractivity contribution in [2.45, 2.75) is 13.0 Å². The highest BCUT2D eigenvalue weighted by atomic mass is 35.5. The second-order valence-electron chi connectivity index (χ2n) is 4.21. The smallest absolute Gasteiger partial charge is 0.146 e. The summed E-state index contributed by atoms with van der Waals surface area (Å²) in [4.78, 5) is 0. The average Bonchev–Trinajstić information content (AvgIpc) is 2.46. The van der Waals surface area contributed by atoms with Gasteiger partial charge in [-0.1, -0.05) is 41.9 Å². The molecule has 5 heteroatoms. The number of nitrogens with two attached hydrogens (primary N) is 1. The van der Waals surface area contributed by atoms with Crippen molar-refractivity contribution in [2.24, 2.45) is 5.84 Å². The molecule has 20 heavy (non-hydrogen) atoms. The summed E-state index contributed by atoms with van der Waals surface area (Å²) in [5.74, 6) is 5.79. The first-order valence-electron chi connectivity index (χ1n) is 6.30. The van der Waals surface area contributed by atoms with E-state index < -0.39 is 11.9 Å². The standard InChI is InChI=1S/C15H16ClFN2O/c1-2-20-13-9-4-3-6-10(13)15(19-18)11-7-5-8-12(16)14(11)17/h3-9,15,19H,2,18H2,1H3. The zero-order valence-electron chi connectivity index (χ0n) is 11.1. The molecule has 0 aromatic heterocycles. The molecule has 3 nitrogen and oxygen atoms in total. The maximum Gasteiger partial charge on any atom is 0.146 e. The molecule has 2 aromatic rings. The van der Waals surface area contributed by atoms with Crippen molar-refractivity contribution in [3.8, 4) is 5.75 Å². The van der Waals surface area contributed by atoms with E-state index in [-0.39, 0.29) is 5.02 Å². The van der Waals surface area contributed by atoms with Crippen molar-refractivity contribution in [1.29, 1.82) is 0 Å². The maximum absolute atomic E-state index is 14.2. The molecule has 0 saturated carbocycles. The van der Waals surface area contributed by atoms with Crippen LogP contribution in [0.3, 0.4) is 0 Å². The zero-order valence-corrected chi connectivity index (χ0v) is 11.8. The first kappa shape index (κ1) is 14.8. The van der Waals surface area contributed by atoms with Crippen LogP contribution in [0.15, 0.2) is 42.5 Å². The first-order chi connectivity index (χ1) is 9.69. The molecule has 0 aliphatic heterocycles. The third kappa shape index (κ3) is 2.93. The van der Waals surface area contributed by atoms with Crippen molar-refractivity contribution < 1.29 is 9.13 Å². The van der Waals surface area contributed by atoms with Crippen LogP contribution in [0.4, 0.5) is 4.39 Å². The molecule has 0 aliphatic rings. The van der Waals surface area contributed by atoms with Gasteiger partial charge in [-0.3, -0.25) is 5.84 Å². The topological polar surface area (TPSA) is 47.3 Å². The van der Waals surface area contributed by atoms with E-state index in [1.165, 1.54) is 6.07 Å². The number of ether oxygens (including phenoxy) is 1. The van der Waals surface area contributed by atoms with Gasteiger partial charge in [0.05, 0.1) is 17.7 Å². The highest BCUT2D eigenvalue weighted by molar-refractivity contribution is 6.30. The Hall–Kier alpha value is -1.62. The molecule has 1 atom stereocenters. The minimum Gasteiger partial charge on any atom is -0.494 e. The second kappa shape index (κ2) is 6.70. The van der Waals surface area contributed by atoms with Crippen LogP contribution in [-0.2, 0) is 0 Å². The summed E-state index contributed by atoms with van der Waals surface area (Å²) in [7, 11) is 0. The molecule has 0 radical (unpaired) electrons. The van der Waals surface area contributed by atoms with Crippen LogP contribution >= 0.6 is 11.6 Å². The van der Waals surface area contributed by atoms with Crippen LogP contribution in [0.25, 0.3) is 0 Å². The molecule has 0 aliphatic carbocycles.